The molecule has 23 heavy (non-hydrogen) atoms. The Labute approximate surface area is 140 Å². The van der Waals surface area contributed by atoms with Gasteiger partial charge in [-0.3, -0.25) is 9.59 Å². The number of carbonyl (C=O) groups is 2. The predicted molar refractivity (Wildman–Crippen MR) is 88.9 cm³/mol. The Bertz CT molecular complexity index is 515. The zero-order chi connectivity index (χ0) is 17.1. The summed E-state index contributed by atoms with van der Waals surface area (Å²) in [6.07, 6.45) is 0.767. The second-order valence-electron chi connectivity index (χ2n) is 6.22. The number of ketones is 2. The van der Waals surface area contributed by atoms with E-state index >= 15 is 0 Å². The molecule has 0 aromatic heterocycles. The van der Waals surface area contributed by atoms with Crippen LogP contribution in [-0.4, -0.2) is 52.5 Å². The molecule has 6 heteroatoms. The van der Waals surface area contributed by atoms with Gasteiger partial charge in [0, 0.05) is 29.6 Å². The average molecular weight is 340 g/mol. The van der Waals surface area contributed by atoms with Crippen molar-refractivity contribution in [1.82, 2.24) is 0 Å². The van der Waals surface area contributed by atoms with E-state index in [1.165, 1.54) is 18.7 Å². The largest absolute Gasteiger partial charge is 0.394 e. The molecule has 2 N–H and O–H groups in total. The van der Waals surface area contributed by atoms with Crippen LogP contribution in [0.5, 0.6) is 0 Å². The second kappa shape index (κ2) is 7.75. The molecule has 1 aliphatic heterocycles. The first kappa shape index (κ1) is 18.4. The Hall–Kier alpha value is -0.950. The van der Waals surface area contributed by atoms with Crippen LogP contribution in [0.25, 0.3) is 0 Å². The summed E-state index contributed by atoms with van der Waals surface area (Å²) >= 11 is 1.45. The summed E-state index contributed by atoms with van der Waals surface area (Å²) in [4.78, 5) is 23.6. The molecular formula is C17H24O5S. The molecule has 0 aromatic carbocycles. The number of hydrogen-bond donors (Lipinski definition) is 2. The molecule has 0 bridgehead atoms. The third-order valence-corrected chi connectivity index (χ3v) is 5.38. The van der Waals surface area contributed by atoms with Gasteiger partial charge in [-0.25, -0.2) is 0 Å². The van der Waals surface area contributed by atoms with Crippen molar-refractivity contribution in [3.63, 3.8) is 0 Å². The third kappa shape index (κ3) is 4.12. The molecule has 2 rings (SSSR count). The Morgan fingerprint density at radius 1 is 1.39 bits per heavy atom. The van der Waals surface area contributed by atoms with E-state index in [9.17, 15) is 19.8 Å². The van der Waals surface area contributed by atoms with E-state index in [0.29, 0.717) is 17.7 Å². The molecule has 0 amide bonds. The molecular weight excluding hydrogens is 316 g/mol. The standard InChI is InChI=1S/C17H24O5S/c1-4-23-8-11(9(2)19)5-12-16(10(3)20)17(12)14-6-13(21)15(7-18)22-14/h4-5,12-18,21H,1,6-8H2,2-3H3/b11-5-/t12?,13?,14-,15-,16?,17?/m1/s1. The molecule has 1 saturated heterocycles. The van der Waals surface area contributed by atoms with Gasteiger partial charge < -0.3 is 14.9 Å². The Morgan fingerprint density at radius 2 is 2.09 bits per heavy atom. The summed E-state index contributed by atoms with van der Waals surface area (Å²) in [5, 5.41) is 20.8. The molecule has 0 aromatic rings. The first-order chi connectivity index (χ1) is 10.9. The lowest BCUT2D eigenvalue weighted by atomic mass is 10.1. The molecule has 5 nitrogen and oxygen atoms in total. The highest BCUT2D eigenvalue weighted by molar-refractivity contribution is 8.02. The fourth-order valence-electron chi connectivity index (χ4n) is 3.42. The van der Waals surface area contributed by atoms with Crippen molar-refractivity contribution < 1.29 is 24.5 Å². The molecule has 1 aliphatic carbocycles. The van der Waals surface area contributed by atoms with Gasteiger partial charge in [-0.1, -0.05) is 12.7 Å². The molecule has 2 aliphatic rings. The predicted octanol–water partition coefficient (Wildman–Crippen LogP) is 1.34. The zero-order valence-electron chi connectivity index (χ0n) is 13.5. The first-order valence-electron chi connectivity index (χ1n) is 7.79. The quantitative estimate of drug-likeness (QED) is 0.649. The lowest BCUT2D eigenvalue weighted by Gasteiger charge is -2.11. The van der Waals surface area contributed by atoms with E-state index in [0.717, 1.165) is 0 Å². The minimum absolute atomic E-state index is 0.00656. The lowest BCUT2D eigenvalue weighted by Crippen LogP contribution is -2.24. The molecule has 0 spiro atoms. The highest BCUT2D eigenvalue weighted by atomic mass is 32.2. The van der Waals surface area contributed by atoms with Crippen molar-refractivity contribution >= 4 is 23.3 Å². The van der Waals surface area contributed by atoms with Gasteiger partial charge in [-0.2, -0.15) is 0 Å². The smallest absolute Gasteiger partial charge is 0.156 e. The summed E-state index contributed by atoms with van der Waals surface area (Å²) in [7, 11) is 0. The van der Waals surface area contributed by atoms with Crippen molar-refractivity contribution in [3.05, 3.63) is 23.6 Å². The average Bonchev–Trinajstić information content (AvgIpc) is 3.09. The molecule has 2 fully saturated rings. The van der Waals surface area contributed by atoms with Crippen molar-refractivity contribution in [2.24, 2.45) is 17.8 Å². The number of hydrogen-bond acceptors (Lipinski definition) is 6. The van der Waals surface area contributed by atoms with E-state index in [1.807, 2.05) is 6.08 Å². The van der Waals surface area contributed by atoms with Crippen molar-refractivity contribution in [3.8, 4) is 0 Å². The van der Waals surface area contributed by atoms with Gasteiger partial charge in [-0.15, -0.1) is 11.8 Å². The molecule has 6 atom stereocenters. The van der Waals surface area contributed by atoms with Crippen molar-refractivity contribution in [2.75, 3.05) is 12.4 Å². The van der Waals surface area contributed by atoms with Crippen LogP contribution < -0.4 is 0 Å². The van der Waals surface area contributed by atoms with Gasteiger partial charge in [0.2, 0.25) is 0 Å². The van der Waals surface area contributed by atoms with Crippen LogP contribution >= 0.6 is 11.8 Å². The van der Waals surface area contributed by atoms with Crippen LogP contribution in [0.2, 0.25) is 0 Å². The number of ether oxygens (including phenoxy) is 1. The number of Topliss-reactive ketones (excluding diaryl/α,β-unsaturated/α-hetero) is 2. The second-order valence-corrected chi connectivity index (χ2v) is 7.17. The summed E-state index contributed by atoms with van der Waals surface area (Å²) in [5.41, 5.74) is 0.686. The molecule has 0 radical (unpaired) electrons. The first-order valence-corrected chi connectivity index (χ1v) is 8.84. The topological polar surface area (TPSA) is 83.8 Å². The van der Waals surface area contributed by atoms with Gasteiger partial charge in [-0.05, 0) is 25.2 Å². The van der Waals surface area contributed by atoms with Crippen molar-refractivity contribution in [2.45, 2.75) is 38.6 Å². The van der Waals surface area contributed by atoms with Crippen LogP contribution in [0.15, 0.2) is 23.6 Å². The number of allylic oxidation sites excluding steroid dienone is 1. The highest BCUT2D eigenvalue weighted by Crippen LogP contribution is 2.54. The van der Waals surface area contributed by atoms with Crippen LogP contribution in [0.3, 0.4) is 0 Å². The lowest BCUT2D eigenvalue weighted by molar-refractivity contribution is -0.119. The number of thioether (sulfide) groups is 1. The minimum atomic E-state index is -0.702. The maximum Gasteiger partial charge on any atom is 0.156 e. The van der Waals surface area contributed by atoms with E-state index in [4.69, 9.17) is 4.74 Å². The number of carbonyl (C=O) groups excluding carboxylic acids is 2. The minimum Gasteiger partial charge on any atom is -0.394 e. The molecule has 4 unspecified atom stereocenters. The zero-order valence-corrected chi connectivity index (χ0v) is 14.3. The van der Waals surface area contributed by atoms with Crippen LogP contribution in [0.1, 0.15) is 20.3 Å². The van der Waals surface area contributed by atoms with Gasteiger partial charge in [0.25, 0.3) is 0 Å². The Kier molecular flexibility index (Phi) is 6.19. The molecule has 1 heterocycles. The Morgan fingerprint density at radius 3 is 2.57 bits per heavy atom. The van der Waals surface area contributed by atoms with Gasteiger partial charge in [0.1, 0.15) is 11.9 Å². The number of aliphatic hydroxyl groups excluding tert-OH is 2. The van der Waals surface area contributed by atoms with E-state index in [-0.39, 0.29) is 42.0 Å². The van der Waals surface area contributed by atoms with E-state index in [2.05, 4.69) is 6.58 Å². The van der Waals surface area contributed by atoms with E-state index < -0.39 is 12.2 Å². The van der Waals surface area contributed by atoms with Gasteiger partial charge in [0.15, 0.2) is 5.78 Å². The SMILES string of the molecule is C=CSC/C(=C/C1C(C(C)=O)C1[C@H]1CC(O)[C@@H](CO)O1)C(C)=O. The van der Waals surface area contributed by atoms with Crippen molar-refractivity contribution in [1.29, 1.82) is 0 Å². The molecule has 1 saturated carbocycles. The van der Waals surface area contributed by atoms with E-state index in [1.54, 1.807) is 12.3 Å². The van der Waals surface area contributed by atoms with Gasteiger partial charge >= 0.3 is 0 Å². The summed E-state index contributed by atoms with van der Waals surface area (Å²) in [6, 6.07) is 0. The maximum absolute atomic E-state index is 11.9. The number of rotatable bonds is 8. The highest BCUT2D eigenvalue weighted by Gasteiger charge is 2.58. The van der Waals surface area contributed by atoms with Crippen LogP contribution in [-0.2, 0) is 14.3 Å². The fourth-order valence-corrected chi connectivity index (χ4v) is 4.01. The Balaban J connectivity index is 2.12. The summed E-state index contributed by atoms with van der Waals surface area (Å²) < 4.78 is 5.69. The maximum atomic E-state index is 11.9. The monoisotopic (exact) mass is 340 g/mol. The normalized spacial score (nSPS) is 36.8. The fraction of sp³-hybridized carbons (Fsp3) is 0.647. The van der Waals surface area contributed by atoms with Crippen LogP contribution in [0, 0.1) is 17.8 Å². The van der Waals surface area contributed by atoms with Gasteiger partial charge in [0.05, 0.1) is 18.8 Å². The molecule has 128 valence electrons. The number of aliphatic hydroxyl groups is 2. The third-order valence-electron chi connectivity index (χ3n) is 4.67. The summed E-state index contributed by atoms with van der Waals surface area (Å²) in [5.74, 6) is 0.370. The summed E-state index contributed by atoms with van der Waals surface area (Å²) in [6.45, 7) is 6.47. The van der Waals surface area contributed by atoms with Crippen LogP contribution in [0.4, 0.5) is 0 Å².